The Hall–Kier alpha value is -1.66. The Morgan fingerprint density at radius 2 is 2.04 bits per heavy atom. The average Bonchev–Trinajstić information content (AvgIpc) is 2.60. The molecule has 1 aromatic carbocycles. The van der Waals surface area contributed by atoms with Gasteiger partial charge in [-0.1, -0.05) is 0 Å². The first-order valence-electron chi connectivity index (χ1n) is 8.35. The summed E-state index contributed by atoms with van der Waals surface area (Å²) in [5.74, 6) is -0.155. The van der Waals surface area contributed by atoms with Gasteiger partial charge in [0.2, 0.25) is 0 Å². The lowest BCUT2D eigenvalue weighted by Gasteiger charge is -2.30. The number of carbonyl (C=O) groups is 1. The molecule has 1 aliphatic carbocycles. The molecule has 0 heterocycles. The molecular weight excluding hydrogens is 315 g/mol. The Morgan fingerprint density at radius 3 is 2.62 bits per heavy atom. The third-order valence-corrected chi connectivity index (χ3v) is 4.36. The van der Waals surface area contributed by atoms with Gasteiger partial charge in [-0.3, -0.25) is 4.79 Å². The summed E-state index contributed by atoms with van der Waals surface area (Å²) in [7, 11) is 1.50. The summed E-state index contributed by atoms with van der Waals surface area (Å²) >= 11 is 0. The highest BCUT2D eigenvalue weighted by atomic mass is 19.1. The largest absolute Gasteiger partial charge is 0.496 e. The predicted molar refractivity (Wildman–Crippen MR) is 86.2 cm³/mol. The summed E-state index contributed by atoms with van der Waals surface area (Å²) in [6.45, 7) is 1.92. The molecule has 6 heteroatoms. The molecule has 0 amide bonds. The highest BCUT2D eigenvalue weighted by Gasteiger charge is 2.30. The van der Waals surface area contributed by atoms with Crippen LogP contribution in [0.15, 0.2) is 18.2 Å². The minimum Gasteiger partial charge on any atom is -0.496 e. The summed E-state index contributed by atoms with van der Waals surface area (Å²) in [6, 6.07) is 4.15. The zero-order valence-electron chi connectivity index (χ0n) is 14.2. The van der Waals surface area contributed by atoms with Gasteiger partial charge in [-0.15, -0.1) is 0 Å². The van der Waals surface area contributed by atoms with E-state index in [2.05, 4.69) is 0 Å². The van der Waals surface area contributed by atoms with E-state index >= 15 is 0 Å². The molecule has 1 N–H and O–H groups in total. The van der Waals surface area contributed by atoms with E-state index in [1.54, 1.807) is 6.92 Å². The lowest BCUT2D eigenvalue weighted by molar-refractivity contribution is -0.150. The monoisotopic (exact) mass is 340 g/mol. The Kier molecular flexibility index (Phi) is 6.99. The van der Waals surface area contributed by atoms with Crippen LogP contribution < -0.4 is 4.74 Å². The lowest BCUT2D eigenvalue weighted by atomic mass is 9.87. The lowest BCUT2D eigenvalue weighted by Crippen LogP contribution is -2.29. The maximum atomic E-state index is 13.5. The van der Waals surface area contributed by atoms with Crippen molar-refractivity contribution in [2.24, 2.45) is 5.92 Å². The molecule has 0 spiro atoms. The summed E-state index contributed by atoms with van der Waals surface area (Å²) in [4.78, 5) is 11.8. The fourth-order valence-corrected chi connectivity index (χ4v) is 3.10. The standard InChI is InChI=1S/C18H25FO5/c1-3-23-18(21)12-4-7-14(8-5-12)24-17(11-20)15-10-13(19)6-9-16(15)22-2/h6,9-10,12,14,17,20H,3-5,7-8,11H2,1-2H3/t12-,14+,17?. The first kappa shape index (κ1) is 18.7. The number of benzene rings is 1. The van der Waals surface area contributed by atoms with Gasteiger partial charge < -0.3 is 19.3 Å². The van der Waals surface area contributed by atoms with Gasteiger partial charge in [0.25, 0.3) is 0 Å². The molecule has 1 fully saturated rings. The summed E-state index contributed by atoms with van der Waals surface area (Å²) < 4.78 is 29.8. The Morgan fingerprint density at radius 1 is 1.33 bits per heavy atom. The minimum atomic E-state index is -0.653. The van der Waals surface area contributed by atoms with E-state index in [9.17, 15) is 14.3 Å². The van der Waals surface area contributed by atoms with Crippen molar-refractivity contribution in [2.75, 3.05) is 20.3 Å². The minimum absolute atomic E-state index is 0.0823. The van der Waals surface area contributed by atoms with Gasteiger partial charge in [-0.05, 0) is 50.8 Å². The fraction of sp³-hybridized carbons (Fsp3) is 0.611. The van der Waals surface area contributed by atoms with Crippen LogP contribution in [0.1, 0.15) is 44.3 Å². The average molecular weight is 340 g/mol. The molecule has 2 rings (SSSR count). The number of esters is 1. The van der Waals surface area contributed by atoms with Crippen molar-refractivity contribution in [3.63, 3.8) is 0 Å². The molecular formula is C18H25FO5. The molecule has 0 radical (unpaired) electrons. The quantitative estimate of drug-likeness (QED) is 0.773. The molecule has 24 heavy (non-hydrogen) atoms. The van der Waals surface area contributed by atoms with Gasteiger partial charge in [-0.2, -0.15) is 0 Å². The summed E-state index contributed by atoms with van der Waals surface area (Å²) in [5.41, 5.74) is 0.493. The van der Waals surface area contributed by atoms with E-state index in [1.807, 2.05) is 0 Å². The third kappa shape index (κ3) is 4.68. The van der Waals surface area contributed by atoms with Crippen LogP contribution >= 0.6 is 0 Å². The maximum Gasteiger partial charge on any atom is 0.308 e. The molecule has 1 unspecified atom stereocenters. The van der Waals surface area contributed by atoms with Crippen LogP contribution in [0.25, 0.3) is 0 Å². The van der Waals surface area contributed by atoms with E-state index in [-0.39, 0.29) is 24.6 Å². The zero-order valence-corrected chi connectivity index (χ0v) is 14.2. The molecule has 5 nitrogen and oxygen atoms in total. The van der Waals surface area contributed by atoms with Gasteiger partial charge in [0.05, 0.1) is 32.3 Å². The van der Waals surface area contributed by atoms with Crippen LogP contribution in [0.5, 0.6) is 5.75 Å². The fourth-order valence-electron chi connectivity index (χ4n) is 3.10. The smallest absolute Gasteiger partial charge is 0.308 e. The van der Waals surface area contributed by atoms with Crippen molar-refractivity contribution in [3.05, 3.63) is 29.6 Å². The normalized spacial score (nSPS) is 22.0. The van der Waals surface area contributed by atoms with Crippen molar-refractivity contribution < 1.29 is 28.5 Å². The predicted octanol–water partition coefficient (Wildman–Crippen LogP) is 3.01. The summed E-state index contributed by atoms with van der Waals surface area (Å²) in [5, 5.41) is 9.65. The van der Waals surface area contributed by atoms with E-state index in [4.69, 9.17) is 14.2 Å². The number of carbonyl (C=O) groups excluding carboxylic acids is 1. The van der Waals surface area contributed by atoms with Crippen molar-refractivity contribution in [1.29, 1.82) is 0 Å². The van der Waals surface area contributed by atoms with Gasteiger partial charge in [0.1, 0.15) is 17.7 Å². The Labute approximate surface area is 141 Å². The Bertz CT molecular complexity index is 540. The van der Waals surface area contributed by atoms with Gasteiger partial charge in [0.15, 0.2) is 0 Å². The van der Waals surface area contributed by atoms with Crippen molar-refractivity contribution >= 4 is 5.97 Å². The second-order valence-corrected chi connectivity index (χ2v) is 5.92. The first-order valence-corrected chi connectivity index (χ1v) is 8.35. The molecule has 0 aromatic heterocycles. The molecule has 1 saturated carbocycles. The summed E-state index contributed by atoms with van der Waals surface area (Å²) in [6.07, 6.45) is 2.07. The van der Waals surface area contributed by atoms with E-state index < -0.39 is 11.9 Å². The molecule has 134 valence electrons. The number of halogens is 1. The van der Waals surface area contributed by atoms with E-state index in [0.717, 1.165) is 0 Å². The van der Waals surface area contributed by atoms with Crippen LogP contribution in [0.2, 0.25) is 0 Å². The van der Waals surface area contributed by atoms with Crippen molar-refractivity contribution in [3.8, 4) is 5.75 Å². The number of methoxy groups -OCH3 is 1. The molecule has 1 aliphatic rings. The second kappa shape index (κ2) is 8.99. The van der Waals surface area contributed by atoms with Crippen LogP contribution in [0.3, 0.4) is 0 Å². The molecule has 0 aliphatic heterocycles. The number of hydrogen-bond acceptors (Lipinski definition) is 5. The second-order valence-electron chi connectivity index (χ2n) is 5.92. The van der Waals surface area contributed by atoms with Crippen LogP contribution in [0, 0.1) is 11.7 Å². The van der Waals surface area contributed by atoms with Gasteiger partial charge in [0, 0.05) is 5.56 Å². The maximum absolute atomic E-state index is 13.5. The van der Waals surface area contributed by atoms with Crippen molar-refractivity contribution in [2.45, 2.75) is 44.8 Å². The molecule has 0 bridgehead atoms. The number of hydrogen-bond donors (Lipinski definition) is 1. The number of ether oxygens (including phenoxy) is 3. The SMILES string of the molecule is CCOC(=O)[C@H]1CC[C@@H](OC(CO)c2cc(F)ccc2OC)CC1. The highest BCUT2D eigenvalue weighted by Crippen LogP contribution is 2.34. The molecule has 1 aromatic rings. The van der Waals surface area contributed by atoms with Crippen LogP contribution in [0.4, 0.5) is 4.39 Å². The third-order valence-electron chi connectivity index (χ3n) is 4.36. The first-order chi connectivity index (χ1) is 11.6. The molecule has 0 saturated heterocycles. The number of aliphatic hydroxyl groups is 1. The number of rotatable bonds is 7. The topological polar surface area (TPSA) is 65.0 Å². The Balaban J connectivity index is 1.97. The van der Waals surface area contributed by atoms with Crippen LogP contribution in [-0.4, -0.2) is 37.5 Å². The molecule has 1 atom stereocenters. The van der Waals surface area contributed by atoms with Gasteiger partial charge in [-0.25, -0.2) is 4.39 Å². The van der Waals surface area contributed by atoms with E-state index in [0.29, 0.717) is 43.6 Å². The number of aliphatic hydroxyl groups excluding tert-OH is 1. The highest BCUT2D eigenvalue weighted by molar-refractivity contribution is 5.72. The van der Waals surface area contributed by atoms with Gasteiger partial charge >= 0.3 is 5.97 Å². The zero-order chi connectivity index (χ0) is 17.5. The van der Waals surface area contributed by atoms with Crippen LogP contribution in [-0.2, 0) is 14.3 Å². The van der Waals surface area contributed by atoms with Crippen molar-refractivity contribution in [1.82, 2.24) is 0 Å². The van der Waals surface area contributed by atoms with E-state index in [1.165, 1.54) is 25.3 Å².